The van der Waals surface area contributed by atoms with Gasteiger partial charge in [-0.15, -0.1) is 0 Å². The highest BCUT2D eigenvalue weighted by atomic mass is 32.2. The molecule has 2 aromatic carbocycles. The third kappa shape index (κ3) is 3.22. The van der Waals surface area contributed by atoms with E-state index in [1.165, 1.54) is 19.2 Å². The van der Waals surface area contributed by atoms with E-state index in [1.807, 2.05) is 0 Å². The summed E-state index contributed by atoms with van der Waals surface area (Å²) in [4.78, 5) is -0.397. The maximum atomic E-state index is 13.3. The summed E-state index contributed by atoms with van der Waals surface area (Å²) in [7, 11) is -2.85. The van der Waals surface area contributed by atoms with Gasteiger partial charge in [-0.25, -0.2) is 17.2 Å². The zero-order valence-corrected chi connectivity index (χ0v) is 11.7. The zero-order chi connectivity index (χ0) is 15.6. The molecule has 8 heteroatoms. The van der Waals surface area contributed by atoms with E-state index in [9.17, 15) is 17.2 Å². The van der Waals surface area contributed by atoms with Gasteiger partial charge in [-0.2, -0.15) is 0 Å². The number of ether oxygens (including phenoxy) is 1. The minimum atomic E-state index is -4.10. The molecule has 2 aromatic rings. The summed E-state index contributed by atoms with van der Waals surface area (Å²) >= 11 is 0. The van der Waals surface area contributed by atoms with Crippen LogP contribution in [0.25, 0.3) is 0 Å². The number of nitrogen functional groups attached to an aromatic ring is 1. The molecular weight excluding hydrogens is 302 g/mol. The van der Waals surface area contributed by atoms with Crippen LogP contribution in [0.1, 0.15) is 0 Å². The Balaban J connectivity index is 2.40. The van der Waals surface area contributed by atoms with Gasteiger partial charge in [0.15, 0.2) is 11.6 Å². The van der Waals surface area contributed by atoms with Gasteiger partial charge in [0.05, 0.1) is 18.5 Å². The van der Waals surface area contributed by atoms with Gasteiger partial charge in [0.1, 0.15) is 10.7 Å². The van der Waals surface area contributed by atoms with Crippen LogP contribution in [-0.2, 0) is 10.0 Å². The smallest absolute Gasteiger partial charge is 0.264 e. The fourth-order valence-electron chi connectivity index (χ4n) is 1.67. The van der Waals surface area contributed by atoms with Gasteiger partial charge in [0.2, 0.25) is 0 Å². The van der Waals surface area contributed by atoms with Crippen molar-refractivity contribution >= 4 is 21.4 Å². The zero-order valence-electron chi connectivity index (χ0n) is 10.9. The predicted octanol–water partition coefficient (Wildman–Crippen LogP) is 2.36. The molecular formula is C13H12F2N2O3S. The van der Waals surface area contributed by atoms with E-state index in [4.69, 9.17) is 10.5 Å². The fraction of sp³-hybridized carbons (Fsp3) is 0.0769. The van der Waals surface area contributed by atoms with E-state index >= 15 is 0 Å². The molecule has 0 spiro atoms. The van der Waals surface area contributed by atoms with Crippen molar-refractivity contribution in [1.82, 2.24) is 0 Å². The van der Waals surface area contributed by atoms with Gasteiger partial charge in [-0.1, -0.05) is 0 Å². The summed E-state index contributed by atoms with van der Waals surface area (Å²) in [5, 5.41) is 0. The van der Waals surface area contributed by atoms with Gasteiger partial charge < -0.3 is 10.5 Å². The van der Waals surface area contributed by atoms with Crippen molar-refractivity contribution in [2.75, 3.05) is 17.6 Å². The topological polar surface area (TPSA) is 81.4 Å². The first-order valence-electron chi connectivity index (χ1n) is 5.75. The van der Waals surface area contributed by atoms with Crippen LogP contribution in [-0.4, -0.2) is 15.5 Å². The number of methoxy groups -OCH3 is 1. The van der Waals surface area contributed by atoms with Crippen LogP contribution >= 0.6 is 0 Å². The van der Waals surface area contributed by atoms with Crippen LogP contribution in [0, 0.1) is 11.6 Å². The van der Waals surface area contributed by atoms with Crippen molar-refractivity contribution in [2.24, 2.45) is 0 Å². The van der Waals surface area contributed by atoms with Crippen LogP contribution in [0.5, 0.6) is 5.75 Å². The Morgan fingerprint density at radius 3 is 2.52 bits per heavy atom. The van der Waals surface area contributed by atoms with Crippen LogP contribution in [0.2, 0.25) is 0 Å². The molecule has 0 aliphatic carbocycles. The highest BCUT2D eigenvalue weighted by molar-refractivity contribution is 7.92. The molecule has 0 aromatic heterocycles. The van der Waals surface area contributed by atoms with Crippen molar-refractivity contribution in [3.8, 4) is 5.75 Å². The first-order valence-corrected chi connectivity index (χ1v) is 7.23. The Kier molecular flexibility index (Phi) is 3.99. The maximum Gasteiger partial charge on any atom is 0.264 e. The number of hydrogen-bond donors (Lipinski definition) is 2. The Morgan fingerprint density at radius 1 is 1.14 bits per heavy atom. The summed E-state index contributed by atoms with van der Waals surface area (Å²) < 4.78 is 57.7. The number of nitrogens with one attached hydrogen (secondary N) is 1. The number of anilines is 2. The molecule has 0 heterocycles. The normalized spacial score (nSPS) is 11.2. The van der Waals surface area contributed by atoms with Crippen LogP contribution in [0.3, 0.4) is 0 Å². The lowest BCUT2D eigenvalue weighted by Gasteiger charge is -2.11. The Labute approximate surface area is 120 Å². The Hall–Kier alpha value is -2.35. The molecule has 0 amide bonds. The summed E-state index contributed by atoms with van der Waals surface area (Å²) in [5.41, 5.74) is 5.51. The SMILES string of the molecule is COc1cc(NS(=O)(=O)c2cc(F)ccc2N)ccc1F. The van der Waals surface area contributed by atoms with Crippen LogP contribution in [0.4, 0.5) is 20.2 Å². The standard InChI is InChI=1S/C13H12F2N2O3S/c1-20-12-7-9(3-4-10(12)15)17-21(18,19)13-6-8(14)2-5-11(13)16/h2-7,17H,16H2,1H3. The molecule has 0 radical (unpaired) electrons. The van der Waals surface area contributed by atoms with E-state index in [0.29, 0.717) is 0 Å². The van der Waals surface area contributed by atoms with Crippen molar-refractivity contribution in [3.05, 3.63) is 48.0 Å². The average molecular weight is 314 g/mol. The van der Waals surface area contributed by atoms with Gasteiger partial charge in [-0.05, 0) is 30.3 Å². The Bertz CT molecular complexity index is 779. The van der Waals surface area contributed by atoms with Gasteiger partial charge in [0, 0.05) is 6.07 Å². The van der Waals surface area contributed by atoms with Crippen LogP contribution < -0.4 is 15.2 Å². The lowest BCUT2D eigenvalue weighted by Crippen LogP contribution is -2.15. The molecule has 0 saturated heterocycles. The van der Waals surface area contributed by atoms with Crippen molar-refractivity contribution < 1.29 is 21.9 Å². The predicted molar refractivity (Wildman–Crippen MR) is 74.6 cm³/mol. The first-order chi connectivity index (χ1) is 9.83. The number of benzene rings is 2. The third-order valence-electron chi connectivity index (χ3n) is 2.67. The summed E-state index contributed by atoms with van der Waals surface area (Å²) in [5.74, 6) is -1.49. The molecule has 0 saturated carbocycles. The molecule has 0 fully saturated rings. The second-order valence-electron chi connectivity index (χ2n) is 4.14. The highest BCUT2D eigenvalue weighted by Crippen LogP contribution is 2.26. The number of sulfonamides is 1. The van der Waals surface area contributed by atoms with Crippen LogP contribution in [0.15, 0.2) is 41.3 Å². The minimum Gasteiger partial charge on any atom is -0.494 e. The molecule has 0 aliphatic heterocycles. The lowest BCUT2D eigenvalue weighted by molar-refractivity contribution is 0.387. The monoisotopic (exact) mass is 314 g/mol. The molecule has 5 nitrogen and oxygen atoms in total. The molecule has 0 bridgehead atoms. The molecule has 21 heavy (non-hydrogen) atoms. The molecule has 112 valence electrons. The first kappa shape index (κ1) is 15.0. The van der Waals surface area contributed by atoms with Crippen molar-refractivity contribution in [2.45, 2.75) is 4.90 Å². The lowest BCUT2D eigenvalue weighted by atomic mass is 10.3. The van der Waals surface area contributed by atoms with E-state index in [-0.39, 0.29) is 17.1 Å². The second-order valence-corrected chi connectivity index (χ2v) is 5.79. The summed E-state index contributed by atoms with van der Waals surface area (Å²) in [6.07, 6.45) is 0. The van der Waals surface area contributed by atoms with E-state index < -0.39 is 26.6 Å². The molecule has 0 unspecified atom stereocenters. The summed E-state index contributed by atoms with van der Waals surface area (Å²) in [6.45, 7) is 0. The fourth-order valence-corrected chi connectivity index (χ4v) is 2.87. The molecule has 2 rings (SSSR count). The van der Waals surface area contributed by atoms with E-state index in [0.717, 1.165) is 24.3 Å². The van der Waals surface area contributed by atoms with E-state index in [2.05, 4.69) is 4.72 Å². The van der Waals surface area contributed by atoms with Crippen molar-refractivity contribution in [3.63, 3.8) is 0 Å². The quantitative estimate of drug-likeness (QED) is 0.849. The van der Waals surface area contributed by atoms with Gasteiger partial charge in [-0.3, -0.25) is 4.72 Å². The van der Waals surface area contributed by atoms with Crippen molar-refractivity contribution in [1.29, 1.82) is 0 Å². The number of hydrogen-bond acceptors (Lipinski definition) is 4. The molecule has 0 atom stereocenters. The minimum absolute atomic E-state index is 0.0666. The van der Waals surface area contributed by atoms with Gasteiger partial charge in [0.25, 0.3) is 10.0 Å². The number of nitrogens with two attached hydrogens (primary N) is 1. The average Bonchev–Trinajstić information content (AvgIpc) is 2.43. The Morgan fingerprint density at radius 2 is 1.86 bits per heavy atom. The maximum absolute atomic E-state index is 13.3. The van der Waals surface area contributed by atoms with E-state index in [1.54, 1.807) is 0 Å². The molecule has 3 N–H and O–H groups in total. The molecule has 0 aliphatic rings. The highest BCUT2D eigenvalue weighted by Gasteiger charge is 2.19. The van der Waals surface area contributed by atoms with Gasteiger partial charge >= 0.3 is 0 Å². The second kappa shape index (κ2) is 5.57. The number of halogens is 2. The largest absolute Gasteiger partial charge is 0.494 e. The summed E-state index contributed by atoms with van der Waals surface area (Å²) in [6, 6.07) is 6.43. The third-order valence-corrected chi connectivity index (χ3v) is 4.11. The number of rotatable bonds is 4.